The molecule has 0 radical (unpaired) electrons. The third-order valence-corrected chi connectivity index (χ3v) is 4.21. The molecule has 6 heteroatoms. The highest BCUT2D eigenvalue weighted by Gasteiger charge is 2.19. The van der Waals surface area contributed by atoms with Crippen molar-refractivity contribution in [2.24, 2.45) is 5.73 Å². The zero-order chi connectivity index (χ0) is 15.4. The standard InChI is InChI=1S/C17H22N4O.ClH/c18-14-4-6-15(7-5-14)20-17(22)12-13-2-8-16(9-3-13)21-11-1-10-19-21;/h1-3,8-11,14-15H,4-7,12,18H2,(H,20,22);1H. The summed E-state index contributed by atoms with van der Waals surface area (Å²) >= 11 is 0. The van der Waals surface area contributed by atoms with Crippen LogP contribution in [0.4, 0.5) is 0 Å². The van der Waals surface area contributed by atoms with Gasteiger partial charge in [0, 0.05) is 24.5 Å². The van der Waals surface area contributed by atoms with Gasteiger partial charge < -0.3 is 11.1 Å². The van der Waals surface area contributed by atoms with E-state index < -0.39 is 0 Å². The Morgan fingerprint density at radius 1 is 1.22 bits per heavy atom. The van der Waals surface area contributed by atoms with E-state index in [4.69, 9.17) is 5.73 Å². The summed E-state index contributed by atoms with van der Waals surface area (Å²) in [6.07, 6.45) is 8.05. The highest BCUT2D eigenvalue weighted by Crippen LogP contribution is 2.17. The van der Waals surface area contributed by atoms with Crippen molar-refractivity contribution >= 4 is 18.3 Å². The van der Waals surface area contributed by atoms with Crippen LogP contribution < -0.4 is 11.1 Å². The van der Waals surface area contributed by atoms with E-state index in [1.165, 1.54) is 0 Å². The molecule has 23 heavy (non-hydrogen) atoms. The molecule has 1 aromatic heterocycles. The van der Waals surface area contributed by atoms with Crippen LogP contribution in [0.25, 0.3) is 5.69 Å². The van der Waals surface area contributed by atoms with E-state index in [1.807, 2.05) is 36.5 Å². The van der Waals surface area contributed by atoms with Gasteiger partial charge in [0.15, 0.2) is 0 Å². The van der Waals surface area contributed by atoms with E-state index in [-0.39, 0.29) is 24.4 Å². The number of hydrogen-bond acceptors (Lipinski definition) is 3. The fourth-order valence-corrected chi connectivity index (χ4v) is 2.92. The van der Waals surface area contributed by atoms with Crippen LogP contribution in [0.15, 0.2) is 42.7 Å². The largest absolute Gasteiger partial charge is 0.353 e. The average Bonchev–Trinajstić information content (AvgIpc) is 3.05. The normalized spacial score (nSPS) is 20.6. The van der Waals surface area contributed by atoms with Crippen molar-refractivity contribution in [2.45, 2.75) is 44.2 Å². The minimum Gasteiger partial charge on any atom is -0.353 e. The molecule has 5 nitrogen and oxygen atoms in total. The van der Waals surface area contributed by atoms with E-state index in [0.29, 0.717) is 12.5 Å². The maximum Gasteiger partial charge on any atom is 0.224 e. The lowest BCUT2D eigenvalue weighted by molar-refractivity contribution is -0.121. The minimum absolute atomic E-state index is 0. The van der Waals surface area contributed by atoms with Gasteiger partial charge in [-0.2, -0.15) is 5.10 Å². The average molecular weight is 335 g/mol. The van der Waals surface area contributed by atoms with Crippen LogP contribution >= 0.6 is 12.4 Å². The molecule has 1 heterocycles. The molecule has 1 saturated carbocycles. The lowest BCUT2D eigenvalue weighted by Crippen LogP contribution is -2.41. The van der Waals surface area contributed by atoms with Crippen LogP contribution in [0.1, 0.15) is 31.2 Å². The molecule has 1 fully saturated rings. The second-order valence-corrected chi connectivity index (χ2v) is 5.97. The minimum atomic E-state index is 0. The maximum atomic E-state index is 12.1. The summed E-state index contributed by atoms with van der Waals surface area (Å²) in [5, 5.41) is 7.31. The lowest BCUT2D eigenvalue weighted by atomic mass is 9.91. The SMILES string of the molecule is Cl.NC1CCC(NC(=O)Cc2ccc(-n3cccn3)cc2)CC1. The van der Waals surface area contributed by atoms with Crippen molar-refractivity contribution in [3.8, 4) is 5.69 Å². The van der Waals surface area contributed by atoms with Crippen molar-refractivity contribution in [2.75, 3.05) is 0 Å². The summed E-state index contributed by atoms with van der Waals surface area (Å²) in [5.41, 5.74) is 7.90. The summed E-state index contributed by atoms with van der Waals surface area (Å²) in [4.78, 5) is 12.1. The number of amides is 1. The van der Waals surface area contributed by atoms with E-state index in [9.17, 15) is 4.79 Å². The molecule has 0 aliphatic heterocycles. The third-order valence-electron chi connectivity index (χ3n) is 4.21. The van der Waals surface area contributed by atoms with E-state index in [1.54, 1.807) is 10.9 Å². The smallest absolute Gasteiger partial charge is 0.224 e. The Kier molecular flexibility index (Phi) is 6.19. The van der Waals surface area contributed by atoms with Gasteiger partial charge >= 0.3 is 0 Å². The molecule has 2 aromatic rings. The number of rotatable bonds is 4. The predicted molar refractivity (Wildman–Crippen MR) is 92.9 cm³/mol. The number of aromatic nitrogens is 2. The summed E-state index contributed by atoms with van der Waals surface area (Å²) in [7, 11) is 0. The molecule has 3 N–H and O–H groups in total. The molecule has 0 unspecified atom stereocenters. The van der Waals surface area contributed by atoms with E-state index in [0.717, 1.165) is 36.9 Å². The van der Waals surface area contributed by atoms with Crippen molar-refractivity contribution < 1.29 is 4.79 Å². The van der Waals surface area contributed by atoms with Crippen molar-refractivity contribution in [1.82, 2.24) is 15.1 Å². The zero-order valence-corrected chi connectivity index (χ0v) is 13.8. The Morgan fingerprint density at radius 2 is 1.91 bits per heavy atom. The Balaban J connectivity index is 0.00000192. The fourth-order valence-electron chi connectivity index (χ4n) is 2.92. The molecule has 0 spiro atoms. The topological polar surface area (TPSA) is 72.9 Å². The second-order valence-electron chi connectivity index (χ2n) is 5.97. The molecule has 3 rings (SSSR count). The number of halogens is 1. The van der Waals surface area contributed by atoms with Gasteiger partial charge in [0.25, 0.3) is 0 Å². The lowest BCUT2D eigenvalue weighted by Gasteiger charge is -2.26. The second kappa shape index (κ2) is 8.13. The Bertz CT molecular complexity index is 604. The van der Waals surface area contributed by atoms with E-state index in [2.05, 4.69) is 10.4 Å². The first-order chi connectivity index (χ1) is 10.7. The summed E-state index contributed by atoms with van der Waals surface area (Å²) < 4.78 is 1.80. The number of nitrogens with two attached hydrogens (primary N) is 1. The Labute approximate surface area is 142 Å². The molecular weight excluding hydrogens is 312 g/mol. The molecular formula is C17H23ClN4O. The van der Waals surface area contributed by atoms with Crippen LogP contribution in [-0.4, -0.2) is 27.8 Å². The van der Waals surface area contributed by atoms with E-state index >= 15 is 0 Å². The first-order valence-electron chi connectivity index (χ1n) is 7.84. The monoisotopic (exact) mass is 334 g/mol. The number of nitrogens with one attached hydrogen (secondary N) is 1. The molecule has 1 aliphatic rings. The predicted octanol–water partition coefficient (Wildman–Crippen LogP) is 2.22. The molecule has 0 saturated heterocycles. The quantitative estimate of drug-likeness (QED) is 0.900. The van der Waals surface area contributed by atoms with Crippen molar-refractivity contribution in [1.29, 1.82) is 0 Å². The number of hydrogen-bond donors (Lipinski definition) is 2. The van der Waals surface area contributed by atoms with Gasteiger partial charge in [-0.1, -0.05) is 12.1 Å². The first-order valence-corrected chi connectivity index (χ1v) is 7.84. The van der Waals surface area contributed by atoms with Crippen LogP contribution in [0.2, 0.25) is 0 Å². The molecule has 0 bridgehead atoms. The molecule has 124 valence electrons. The van der Waals surface area contributed by atoms with Gasteiger partial charge in [-0.3, -0.25) is 4.79 Å². The fraction of sp³-hybridized carbons (Fsp3) is 0.412. The summed E-state index contributed by atoms with van der Waals surface area (Å²) in [6, 6.07) is 10.4. The van der Waals surface area contributed by atoms with Gasteiger partial charge in [0.05, 0.1) is 12.1 Å². The van der Waals surface area contributed by atoms with Gasteiger partial charge in [-0.05, 0) is 49.4 Å². The zero-order valence-electron chi connectivity index (χ0n) is 13.0. The number of benzene rings is 1. The van der Waals surface area contributed by atoms with Gasteiger partial charge in [-0.15, -0.1) is 12.4 Å². The molecule has 1 aromatic carbocycles. The Hall–Kier alpha value is -1.85. The number of nitrogens with zero attached hydrogens (tertiary/aromatic N) is 2. The summed E-state index contributed by atoms with van der Waals surface area (Å²) in [6.45, 7) is 0. The highest BCUT2D eigenvalue weighted by molar-refractivity contribution is 5.85. The number of carbonyl (C=O) groups is 1. The number of carbonyl (C=O) groups excluding carboxylic acids is 1. The van der Waals surface area contributed by atoms with Crippen molar-refractivity contribution in [3.05, 3.63) is 48.3 Å². The van der Waals surface area contributed by atoms with Crippen molar-refractivity contribution in [3.63, 3.8) is 0 Å². The van der Waals surface area contributed by atoms with Crippen LogP contribution in [0.3, 0.4) is 0 Å². The van der Waals surface area contributed by atoms with Gasteiger partial charge in [0.1, 0.15) is 0 Å². The van der Waals surface area contributed by atoms with Crippen LogP contribution in [0.5, 0.6) is 0 Å². The molecule has 0 atom stereocenters. The van der Waals surface area contributed by atoms with Gasteiger partial charge in [0.2, 0.25) is 5.91 Å². The third kappa shape index (κ3) is 4.81. The maximum absolute atomic E-state index is 12.1. The first kappa shape index (κ1) is 17.5. The van der Waals surface area contributed by atoms with Crippen LogP contribution in [-0.2, 0) is 11.2 Å². The van der Waals surface area contributed by atoms with Gasteiger partial charge in [-0.25, -0.2) is 4.68 Å². The highest BCUT2D eigenvalue weighted by atomic mass is 35.5. The van der Waals surface area contributed by atoms with Crippen LogP contribution in [0, 0.1) is 0 Å². The molecule has 1 amide bonds. The Morgan fingerprint density at radius 3 is 2.52 bits per heavy atom. The summed E-state index contributed by atoms with van der Waals surface area (Å²) in [5.74, 6) is 0.0901. The molecule has 1 aliphatic carbocycles.